The summed E-state index contributed by atoms with van der Waals surface area (Å²) in [5.74, 6) is 0.613. The third-order valence-electron chi connectivity index (χ3n) is 3.25. The molecule has 0 spiro atoms. The first kappa shape index (κ1) is 13.5. The highest BCUT2D eigenvalue weighted by Crippen LogP contribution is 2.37. The van der Waals surface area contributed by atoms with Gasteiger partial charge in [-0.05, 0) is 37.0 Å². The first-order chi connectivity index (χ1) is 8.49. The molecular weight excluding hydrogens is 312 g/mol. The number of anilines is 1. The van der Waals surface area contributed by atoms with Gasteiger partial charge in [0.05, 0.1) is 5.69 Å². The molecule has 1 saturated carbocycles. The van der Waals surface area contributed by atoms with Gasteiger partial charge >= 0.3 is 0 Å². The fourth-order valence-electron chi connectivity index (χ4n) is 1.89. The van der Waals surface area contributed by atoms with Crippen LogP contribution in [0.4, 0.5) is 5.69 Å². The average molecular weight is 327 g/mol. The average Bonchev–Trinajstić information content (AvgIpc) is 3.11. The van der Waals surface area contributed by atoms with Crippen molar-refractivity contribution in [3.63, 3.8) is 0 Å². The summed E-state index contributed by atoms with van der Waals surface area (Å²) in [6.07, 6.45) is 2.30. The predicted molar refractivity (Wildman–Crippen MR) is 80.5 cm³/mol. The van der Waals surface area contributed by atoms with Gasteiger partial charge in [-0.25, -0.2) is 0 Å². The highest BCUT2D eigenvalue weighted by atomic mass is 79.9. The number of halogens is 1. The van der Waals surface area contributed by atoms with Crippen molar-refractivity contribution in [3.8, 4) is 0 Å². The fourth-order valence-corrected chi connectivity index (χ4v) is 2.43. The van der Waals surface area contributed by atoms with Gasteiger partial charge in [-0.3, -0.25) is 4.79 Å². The third kappa shape index (κ3) is 3.09. The molecule has 1 aromatic carbocycles. The molecule has 1 unspecified atom stereocenters. The Labute approximate surface area is 120 Å². The first-order valence-corrected chi connectivity index (χ1v) is 7.09. The lowest BCUT2D eigenvalue weighted by Crippen LogP contribution is -2.24. The number of hydrogen-bond acceptors (Lipinski definition) is 2. The molecule has 0 aliphatic heterocycles. The summed E-state index contributed by atoms with van der Waals surface area (Å²) in [5, 5.41) is 2.92. The van der Waals surface area contributed by atoms with E-state index in [0.29, 0.717) is 17.2 Å². The van der Waals surface area contributed by atoms with Crippen molar-refractivity contribution in [3.05, 3.63) is 28.2 Å². The topological polar surface area (TPSA) is 55.1 Å². The van der Waals surface area contributed by atoms with E-state index in [4.69, 9.17) is 18.0 Å². The Balaban J connectivity index is 2.18. The molecule has 0 bridgehead atoms. The van der Waals surface area contributed by atoms with Gasteiger partial charge in [0.25, 0.3) is 0 Å². The molecule has 1 atom stereocenters. The highest BCUT2D eigenvalue weighted by molar-refractivity contribution is 9.10. The monoisotopic (exact) mass is 326 g/mol. The molecule has 2 rings (SSSR count). The molecule has 5 heteroatoms. The number of nitrogens with one attached hydrogen (secondary N) is 1. The van der Waals surface area contributed by atoms with Crippen LogP contribution in [0.5, 0.6) is 0 Å². The zero-order valence-electron chi connectivity index (χ0n) is 10.1. The number of carbonyl (C=O) groups is 1. The minimum Gasteiger partial charge on any atom is -0.389 e. The van der Waals surface area contributed by atoms with Gasteiger partial charge in [0, 0.05) is 16.0 Å². The van der Waals surface area contributed by atoms with Crippen molar-refractivity contribution < 1.29 is 4.79 Å². The summed E-state index contributed by atoms with van der Waals surface area (Å²) in [4.78, 5) is 12.4. The van der Waals surface area contributed by atoms with E-state index in [1.165, 1.54) is 0 Å². The number of benzene rings is 1. The molecule has 18 heavy (non-hydrogen) atoms. The number of thiocarbonyl (C=S) groups is 1. The van der Waals surface area contributed by atoms with Crippen LogP contribution in [0, 0.1) is 11.8 Å². The van der Waals surface area contributed by atoms with Crippen LogP contribution >= 0.6 is 28.1 Å². The van der Waals surface area contributed by atoms with Crippen molar-refractivity contribution in [1.82, 2.24) is 0 Å². The van der Waals surface area contributed by atoms with Crippen molar-refractivity contribution in [2.45, 2.75) is 19.8 Å². The second kappa shape index (κ2) is 5.36. The molecule has 0 heterocycles. The van der Waals surface area contributed by atoms with Crippen LogP contribution in [0.1, 0.15) is 25.3 Å². The molecule has 3 N–H and O–H groups in total. The van der Waals surface area contributed by atoms with Gasteiger partial charge in [0.1, 0.15) is 4.99 Å². The maximum absolute atomic E-state index is 12.1. The van der Waals surface area contributed by atoms with E-state index in [-0.39, 0.29) is 16.8 Å². The molecule has 96 valence electrons. The Bertz CT molecular complexity index is 500. The van der Waals surface area contributed by atoms with E-state index in [1.807, 2.05) is 25.1 Å². The number of carbonyl (C=O) groups excluding carboxylic acids is 1. The Morgan fingerprint density at radius 1 is 1.56 bits per heavy atom. The predicted octanol–water partition coefficient (Wildman–Crippen LogP) is 3.07. The van der Waals surface area contributed by atoms with Crippen LogP contribution in [0.15, 0.2) is 22.7 Å². The van der Waals surface area contributed by atoms with Crippen LogP contribution in [-0.4, -0.2) is 10.9 Å². The van der Waals surface area contributed by atoms with Gasteiger partial charge in [-0.1, -0.05) is 35.1 Å². The molecular formula is C13H15BrN2OS. The number of rotatable bonds is 4. The molecule has 1 aromatic rings. The lowest BCUT2D eigenvalue weighted by molar-refractivity contribution is -0.119. The molecule has 1 amide bonds. The molecule has 0 saturated heterocycles. The Morgan fingerprint density at radius 3 is 2.78 bits per heavy atom. The number of amides is 1. The van der Waals surface area contributed by atoms with Crippen LogP contribution in [0.2, 0.25) is 0 Å². The molecule has 1 aliphatic carbocycles. The normalized spacial score (nSPS) is 16.1. The van der Waals surface area contributed by atoms with Crippen LogP contribution in [-0.2, 0) is 4.79 Å². The SMILES string of the molecule is CC(C(=O)Nc1cc(Br)ccc1C(N)=S)C1CC1. The van der Waals surface area contributed by atoms with Crippen LogP contribution < -0.4 is 11.1 Å². The van der Waals surface area contributed by atoms with Gasteiger partial charge in [-0.15, -0.1) is 0 Å². The van der Waals surface area contributed by atoms with Crippen LogP contribution in [0.3, 0.4) is 0 Å². The lowest BCUT2D eigenvalue weighted by Gasteiger charge is -2.14. The Hall–Kier alpha value is -0.940. The largest absolute Gasteiger partial charge is 0.389 e. The smallest absolute Gasteiger partial charge is 0.227 e. The Kier molecular flexibility index (Phi) is 4.02. The second-order valence-corrected chi connectivity index (χ2v) is 6.03. The summed E-state index contributed by atoms with van der Waals surface area (Å²) in [6, 6.07) is 5.49. The van der Waals surface area contributed by atoms with Gasteiger partial charge in [0.15, 0.2) is 0 Å². The highest BCUT2D eigenvalue weighted by Gasteiger charge is 2.32. The maximum Gasteiger partial charge on any atom is 0.227 e. The zero-order valence-corrected chi connectivity index (χ0v) is 12.5. The summed E-state index contributed by atoms with van der Waals surface area (Å²) in [7, 11) is 0. The minimum atomic E-state index is 0.0353. The quantitative estimate of drug-likeness (QED) is 0.836. The number of hydrogen-bond donors (Lipinski definition) is 2. The van der Waals surface area contributed by atoms with Crippen molar-refractivity contribution in [2.75, 3.05) is 5.32 Å². The summed E-state index contributed by atoms with van der Waals surface area (Å²) < 4.78 is 0.886. The standard InChI is InChI=1S/C13H15BrN2OS/c1-7(8-2-3-8)13(17)16-11-6-9(14)4-5-10(11)12(15)18/h4-8H,2-3H2,1H3,(H2,15,18)(H,16,17). The van der Waals surface area contributed by atoms with Crippen molar-refractivity contribution >= 4 is 44.7 Å². The molecule has 0 aromatic heterocycles. The van der Waals surface area contributed by atoms with E-state index < -0.39 is 0 Å². The van der Waals surface area contributed by atoms with Crippen molar-refractivity contribution in [2.24, 2.45) is 17.6 Å². The molecule has 1 aliphatic rings. The van der Waals surface area contributed by atoms with Crippen molar-refractivity contribution in [1.29, 1.82) is 0 Å². The van der Waals surface area contributed by atoms with Gasteiger partial charge < -0.3 is 11.1 Å². The lowest BCUT2D eigenvalue weighted by atomic mass is 10.1. The Morgan fingerprint density at radius 2 is 2.22 bits per heavy atom. The third-order valence-corrected chi connectivity index (χ3v) is 3.96. The van der Waals surface area contributed by atoms with E-state index in [2.05, 4.69) is 21.2 Å². The maximum atomic E-state index is 12.1. The minimum absolute atomic E-state index is 0.0353. The van der Waals surface area contributed by atoms with Gasteiger partial charge in [0.2, 0.25) is 5.91 Å². The zero-order chi connectivity index (χ0) is 13.3. The molecule has 1 fully saturated rings. The molecule has 0 radical (unpaired) electrons. The summed E-state index contributed by atoms with van der Waals surface area (Å²) in [5.41, 5.74) is 7.03. The van der Waals surface area contributed by atoms with E-state index >= 15 is 0 Å². The number of nitrogens with two attached hydrogens (primary N) is 1. The fraction of sp³-hybridized carbons (Fsp3) is 0.385. The van der Waals surface area contributed by atoms with Gasteiger partial charge in [-0.2, -0.15) is 0 Å². The van der Waals surface area contributed by atoms with E-state index in [1.54, 1.807) is 0 Å². The van der Waals surface area contributed by atoms with E-state index in [0.717, 1.165) is 17.3 Å². The summed E-state index contributed by atoms with van der Waals surface area (Å²) in [6.45, 7) is 1.96. The molecule has 3 nitrogen and oxygen atoms in total. The first-order valence-electron chi connectivity index (χ1n) is 5.89. The van der Waals surface area contributed by atoms with E-state index in [9.17, 15) is 4.79 Å². The second-order valence-electron chi connectivity index (χ2n) is 4.67. The summed E-state index contributed by atoms with van der Waals surface area (Å²) >= 11 is 8.36. The van der Waals surface area contributed by atoms with Crippen LogP contribution in [0.25, 0.3) is 0 Å².